The molecule has 2 atom stereocenters. The Hall–Kier alpha value is -2.19. The van der Waals surface area contributed by atoms with Crippen molar-refractivity contribution in [2.45, 2.75) is 44.1 Å². The van der Waals surface area contributed by atoms with Crippen LogP contribution < -0.4 is 5.32 Å². The Bertz CT molecular complexity index is 846. The molecule has 1 N–H and O–H groups in total. The van der Waals surface area contributed by atoms with Gasteiger partial charge in [0, 0.05) is 19.8 Å². The molecule has 0 aromatic heterocycles. The molecule has 0 radical (unpaired) electrons. The van der Waals surface area contributed by atoms with Crippen molar-refractivity contribution >= 4 is 27.6 Å². The van der Waals surface area contributed by atoms with E-state index in [4.69, 9.17) is 4.74 Å². The normalized spacial score (nSPS) is 18.2. The van der Waals surface area contributed by atoms with Crippen molar-refractivity contribution in [3.63, 3.8) is 0 Å². The fourth-order valence-electron chi connectivity index (χ4n) is 2.67. The third-order valence-electron chi connectivity index (χ3n) is 4.51. The SMILES string of the molecule is Cc1ccc(S(=O)(=O)N(C)C)cc1NC(=O)[C@@H](C)OC(=O)[C@H]1CC=CCC1. The summed E-state index contributed by atoms with van der Waals surface area (Å²) in [6, 6.07) is 4.51. The first-order valence-electron chi connectivity index (χ1n) is 8.82. The van der Waals surface area contributed by atoms with Gasteiger partial charge in [-0.25, -0.2) is 12.7 Å². The highest BCUT2D eigenvalue weighted by Gasteiger charge is 2.26. The number of sulfonamides is 1. The average Bonchev–Trinajstić information content (AvgIpc) is 2.63. The minimum absolute atomic E-state index is 0.0760. The average molecular weight is 394 g/mol. The number of hydrogen-bond donors (Lipinski definition) is 1. The second kappa shape index (κ2) is 8.67. The highest BCUT2D eigenvalue weighted by atomic mass is 32.2. The van der Waals surface area contributed by atoms with Gasteiger partial charge in [0.05, 0.1) is 10.8 Å². The van der Waals surface area contributed by atoms with Crippen LogP contribution in [0.15, 0.2) is 35.2 Å². The van der Waals surface area contributed by atoms with E-state index in [0.29, 0.717) is 24.1 Å². The largest absolute Gasteiger partial charge is 0.452 e. The molecular weight excluding hydrogens is 368 g/mol. The number of amides is 1. The number of carbonyl (C=O) groups is 2. The first kappa shape index (κ1) is 21.1. The fourth-order valence-corrected chi connectivity index (χ4v) is 3.60. The highest BCUT2D eigenvalue weighted by Crippen LogP contribution is 2.23. The summed E-state index contributed by atoms with van der Waals surface area (Å²) in [5, 5.41) is 2.66. The maximum absolute atomic E-state index is 12.4. The molecule has 0 heterocycles. The summed E-state index contributed by atoms with van der Waals surface area (Å²) in [5.74, 6) is -1.11. The molecule has 0 fully saturated rings. The molecule has 1 aliphatic carbocycles. The topological polar surface area (TPSA) is 92.8 Å². The van der Waals surface area contributed by atoms with Gasteiger partial charge in [0.25, 0.3) is 5.91 Å². The summed E-state index contributed by atoms with van der Waals surface area (Å²) in [4.78, 5) is 24.7. The number of ether oxygens (including phenoxy) is 1. The van der Waals surface area contributed by atoms with E-state index >= 15 is 0 Å². The molecule has 0 saturated carbocycles. The van der Waals surface area contributed by atoms with Crippen LogP contribution in [0.5, 0.6) is 0 Å². The quantitative estimate of drug-likeness (QED) is 0.591. The van der Waals surface area contributed by atoms with Crippen molar-refractivity contribution in [1.29, 1.82) is 0 Å². The summed E-state index contributed by atoms with van der Waals surface area (Å²) < 4.78 is 30.9. The van der Waals surface area contributed by atoms with Gasteiger partial charge in [-0.15, -0.1) is 0 Å². The van der Waals surface area contributed by atoms with Crippen LogP contribution in [0.3, 0.4) is 0 Å². The van der Waals surface area contributed by atoms with Gasteiger partial charge in [0.1, 0.15) is 0 Å². The van der Waals surface area contributed by atoms with Crippen molar-refractivity contribution < 1.29 is 22.7 Å². The number of anilines is 1. The number of benzene rings is 1. The Balaban J connectivity index is 2.08. The summed E-state index contributed by atoms with van der Waals surface area (Å²) in [6.07, 6.45) is 5.16. The third kappa shape index (κ3) is 5.17. The van der Waals surface area contributed by atoms with E-state index in [2.05, 4.69) is 5.32 Å². The van der Waals surface area contributed by atoms with Gasteiger partial charge in [0.2, 0.25) is 10.0 Å². The Morgan fingerprint density at radius 3 is 2.56 bits per heavy atom. The van der Waals surface area contributed by atoms with Crippen LogP contribution >= 0.6 is 0 Å². The Morgan fingerprint density at radius 2 is 1.96 bits per heavy atom. The highest BCUT2D eigenvalue weighted by molar-refractivity contribution is 7.89. The number of allylic oxidation sites excluding steroid dienone is 2. The van der Waals surface area contributed by atoms with Crippen molar-refractivity contribution in [3.8, 4) is 0 Å². The number of nitrogens with one attached hydrogen (secondary N) is 1. The lowest BCUT2D eigenvalue weighted by Crippen LogP contribution is -2.32. The van der Waals surface area contributed by atoms with E-state index < -0.39 is 22.0 Å². The number of hydrogen-bond acceptors (Lipinski definition) is 5. The van der Waals surface area contributed by atoms with Gasteiger partial charge < -0.3 is 10.1 Å². The van der Waals surface area contributed by atoms with Crippen LogP contribution in [0.1, 0.15) is 31.7 Å². The molecule has 27 heavy (non-hydrogen) atoms. The van der Waals surface area contributed by atoms with E-state index in [1.54, 1.807) is 13.0 Å². The molecule has 0 saturated heterocycles. The van der Waals surface area contributed by atoms with Crippen LogP contribution in [0, 0.1) is 12.8 Å². The standard InChI is InChI=1S/C19H26N2O5S/c1-13-10-11-16(27(24,25)21(3)4)12-17(13)20-18(22)14(2)26-19(23)15-8-6-5-7-9-15/h5-6,10-12,14-15H,7-9H2,1-4H3,(H,20,22)/t14-,15+/m1/s1. The molecule has 1 aromatic rings. The second-order valence-electron chi connectivity index (χ2n) is 6.81. The van der Waals surface area contributed by atoms with Gasteiger partial charge in [0.15, 0.2) is 6.10 Å². The zero-order valence-corrected chi connectivity index (χ0v) is 16.9. The number of esters is 1. The molecule has 2 rings (SSSR count). The van der Waals surface area contributed by atoms with Gasteiger partial charge in [-0.3, -0.25) is 9.59 Å². The predicted molar refractivity (Wildman–Crippen MR) is 103 cm³/mol. The lowest BCUT2D eigenvalue weighted by molar-refractivity contribution is -0.157. The first-order chi connectivity index (χ1) is 12.6. The predicted octanol–water partition coefficient (Wildman–Crippen LogP) is 2.47. The zero-order chi connectivity index (χ0) is 20.2. The molecule has 148 valence electrons. The van der Waals surface area contributed by atoms with Crippen molar-refractivity contribution in [1.82, 2.24) is 4.31 Å². The van der Waals surface area contributed by atoms with Crippen LogP contribution in [0.4, 0.5) is 5.69 Å². The number of carbonyl (C=O) groups excluding carboxylic acids is 2. The fraction of sp³-hybridized carbons (Fsp3) is 0.474. The lowest BCUT2D eigenvalue weighted by atomic mass is 9.95. The van der Waals surface area contributed by atoms with Crippen LogP contribution in [-0.4, -0.2) is 44.8 Å². The molecule has 0 bridgehead atoms. The molecule has 0 unspecified atom stereocenters. The molecule has 1 aromatic carbocycles. The summed E-state index contributed by atoms with van der Waals surface area (Å²) in [7, 11) is -0.736. The minimum atomic E-state index is -3.62. The monoisotopic (exact) mass is 394 g/mol. The number of aryl methyl sites for hydroxylation is 1. The van der Waals surface area contributed by atoms with Crippen LogP contribution in [0.25, 0.3) is 0 Å². The first-order valence-corrected chi connectivity index (χ1v) is 10.3. The summed E-state index contributed by atoms with van der Waals surface area (Å²) in [5.41, 5.74) is 1.07. The van der Waals surface area contributed by atoms with Crippen molar-refractivity contribution in [2.75, 3.05) is 19.4 Å². The van der Waals surface area contributed by atoms with Gasteiger partial charge in [-0.2, -0.15) is 0 Å². The smallest absolute Gasteiger partial charge is 0.310 e. The lowest BCUT2D eigenvalue weighted by Gasteiger charge is -2.20. The van der Waals surface area contributed by atoms with E-state index in [9.17, 15) is 18.0 Å². The van der Waals surface area contributed by atoms with Crippen LogP contribution in [0.2, 0.25) is 0 Å². The maximum atomic E-state index is 12.4. The Morgan fingerprint density at radius 1 is 1.26 bits per heavy atom. The van der Waals surface area contributed by atoms with E-state index in [0.717, 1.165) is 10.7 Å². The summed E-state index contributed by atoms with van der Waals surface area (Å²) >= 11 is 0. The zero-order valence-electron chi connectivity index (χ0n) is 16.1. The van der Waals surface area contributed by atoms with E-state index in [1.807, 2.05) is 12.2 Å². The molecule has 1 amide bonds. The van der Waals surface area contributed by atoms with E-state index in [-0.39, 0.29) is 16.8 Å². The Kier molecular flexibility index (Phi) is 6.78. The Labute approximate surface area is 160 Å². The second-order valence-corrected chi connectivity index (χ2v) is 8.97. The molecule has 7 nitrogen and oxygen atoms in total. The van der Waals surface area contributed by atoms with Crippen molar-refractivity contribution in [2.24, 2.45) is 5.92 Å². The minimum Gasteiger partial charge on any atom is -0.452 e. The molecule has 0 aliphatic heterocycles. The van der Waals surface area contributed by atoms with Crippen molar-refractivity contribution in [3.05, 3.63) is 35.9 Å². The van der Waals surface area contributed by atoms with Crippen LogP contribution in [-0.2, 0) is 24.3 Å². The molecule has 0 spiro atoms. The third-order valence-corrected chi connectivity index (χ3v) is 6.32. The number of rotatable bonds is 6. The van der Waals surface area contributed by atoms with E-state index in [1.165, 1.54) is 33.2 Å². The molecule has 1 aliphatic rings. The molecular formula is C19H26N2O5S. The van der Waals surface area contributed by atoms with Gasteiger partial charge in [-0.1, -0.05) is 18.2 Å². The summed E-state index contributed by atoms with van der Waals surface area (Å²) in [6.45, 7) is 3.26. The van der Waals surface area contributed by atoms with Gasteiger partial charge >= 0.3 is 5.97 Å². The number of nitrogens with zero attached hydrogens (tertiary/aromatic N) is 1. The maximum Gasteiger partial charge on any atom is 0.310 e. The van der Waals surface area contributed by atoms with Gasteiger partial charge in [-0.05, 0) is 50.8 Å². The molecule has 8 heteroatoms.